The molecule has 3 aromatic carbocycles. The molecule has 0 aliphatic carbocycles. The van der Waals surface area contributed by atoms with Gasteiger partial charge in [-0.3, -0.25) is 4.79 Å². The number of methoxy groups -OCH3 is 1. The normalized spacial score (nSPS) is 14.4. The van der Waals surface area contributed by atoms with E-state index in [-0.39, 0.29) is 4.90 Å². The predicted molar refractivity (Wildman–Crippen MR) is 114 cm³/mol. The minimum atomic E-state index is -3.96. The number of carbonyl (C=O) groups excluding carboxylic acids is 1. The number of fused-ring (bicyclic) bond motifs is 1. The van der Waals surface area contributed by atoms with E-state index < -0.39 is 22.5 Å². The molecule has 0 saturated carbocycles. The average Bonchev–Trinajstić information content (AvgIpc) is 2.76. The standard InChI is InChI=1S/C22H19N3O4S/c1-29-18-11-7-10-17(14-18)23-21(26)15-25-24-22(16-8-3-2-4-9-16)19-12-5-6-13-20(19)30(25,27)28/h2-14H,15H2,1H3,(H,23,26). The van der Waals surface area contributed by atoms with Gasteiger partial charge < -0.3 is 10.1 Å². The van der Waals surface area contributed by atoms with Gasteiger partial charge in [-0.25, -0.2) is 0 Å². The number of sulfonamides is 1. The molecule has 1 heterocycles. The van der Waals surface area contributed by atoms with Gasteiger partial charge in [0.15, 0.2) is 0 Å². The van der Waals surface area contributed by atoms with Crippen molar-refractivity contribution in [2.45, 2.75) is 4.90 Å². The lowest BCUT2D eigenvalue weighted by molar-refractivity contribution is -0.116. The molecular formula is C22H19N3O4S. The Balaban J connectivity index is 1.67. The number of hydrogen-bond acceptors (Lipinski definition) is 5. The Labute approximate surface area is 174 Å². The smallest absolute Gasteiger partial charge is 0.280 e. The summed E-state index contributed by atoms with van der Waals surface area (Å²) in [5.41, 5.74) is 2.27. The number of nitrogens with zero attached hydrogens (tertiary/aromatic N) is 2. The molecule has 4 rings (SSSR count). The van der Waals surface area contributed by atoms with Crippen LogP contribution in [0, 0.1) is 0 Å². The molecule has 0 unspecified atom stereocenters. The lowest BCUT2D eigenvalue weighted by Gasteiger charge is -2.26. The van der Waals surface area contributed by atoms with Crippen LogP contribution in [0.1, 0.15) is 11.1 Å². The first kappa shape index (κ1) is 19.7. The highest BCUT2D eigenvalue weighted by Crippen LogP contribution is 2.29. The lowest BCUT2D eigenvalue weighted by Crippen LogP contribution is -2.38. The third-order valence-electron chi connectivity index (χ3n) is 4.59. The van der Waals surface area contributed by atoms with Crippen LogP contribution in [-0.4, -0.2) is 38.1 Å². The molecule has 3 aromatic rings. The summed E-state index contributed by atoms with van der Waals surface area (Å²) in [6, 6.07) is 22.7. The van der Waals surface area contributed by atoms with E-state index in [1.807, 2.05) is 30.3 Å². The number of rotatable bonds is 5. The summed E-state index contributed by atoms with van der Waals surface area (Å²) in [6.45, 7) is -0.454. The van der Waals surface area contributed by atoms with E-state index in [0.717, 1.165) is 9.98 Å². The van der Waals surface area contributed by atoms with E-state index in [1.165, 1.54) is 13.2 Å². The van der Waals surface area contributed by atoms with Crippen LogP contribution in [0.25, 0.3) is 0 Å². The molecule has 7 nitrogen and oxygen atoms in total. The molecule has 0 bridgehead atoms. The van der Waals surface area contributed by atoms with Gasteiger partial charge in [0.25, 0.3) is 10.0 Å². The zero-order valence-electron chi connectivity index (χ0n) is 16.1. The van der Waals surface area contributed by atoms with Crippen molar-refractivity contribution >= 4 is 27.3 Å². The third-order valence-corrected chi connectivity index (χ3v) is 6.27. The largest absolute Gasteiger partial charge is 0.497 e. The number of hydrogen-bond donors (Lipinski definition) is 1. The molecule has 152 valence electrons. The van der Waals surface area contributed by atoms with Gasteiger partial charge in [0.1, 0.15) is 18.0 Å². The first-order chi connectivity index (χ1) is 14.5. The first-order valence-corrected chi connectivity index (χ1v) is 10.6. The maximum Gasteiger partial charge on any atom is 0.280 e. The third kappa shape index (κ3) is 3.77. The minimum Gasteiger partial charge on any atom is -0.497 e. The van der Waals surface area contributed by atoms with Crippen LogP contribution in [-0.2, 0) is 14.8 Å². The number of amides is 1. The van der Waals surface area contributed by atoms with Crippen molar-refractivity contribution in [1.29, 1.82) is 0 Å². The van der Waals surface area contributed by atoms with Crippen molar-refractivity contribution in [2.24, 2.45) is 5.10 Å². The molecule has 0 aromatic heterocycles. The highest BCUT2D eigenvalue weighted by molar-refractivity contribution is 7.89. The van der Waals surface area contributed by atoms with Crippen molar-refractivity contribution in [2.75, 3.05) is 19.0 Å². The SMILES string of the molecule is COc1cccc(NC(=O)CN2N=C(c3ccccc3)c3ccccc3S2(=O)=O)c1. The Morgan fingerprint density at radius 2 is 1.73 bits per heavy atom. The van der Waals surface area contributed by atoms with E-state index in [2.05, 4.69) is 10.4 Å². The van der Waals surface area contributed by atoms with E-state index in [4.69, 9.17) is 4.74 Å². The van der Waals surface area contributed by atoms with Crippen molar-refractivity contribution in [1.82, 2.24) is 4.41 Å². The number of anilines is 1. The van der Waals surface area contributed by atoms with Crippen LogP contribution in [0.3, 0.4) is 0 Å². The summed E-state index contributed by atoms with van der Waals surface area (Å²) >= 11 is 0. The van der Waals surface area contributed by atoms with Crippen LogP contribution >= 0.6 is 0 Å². The Morgan fingerprint density at radius 3 is 2.50 bits per heavy atom. The quantitative estimate of drug-likeness (QED) is 0.686. The summed E-state index contributed by atoms with van der Waals surface area (Å²) < 4.78 is 32.2. The summed E-state index contributed by atoms with van der Waals surface area (Å²) in [4.78, 5) is 12.7. The molecule has 1 N–H and O–H groups in total. The van der Waals surface area contributed by atoms with Gasteiger partial charge in [-0.15, -0.1) is 0 Å². The topological polar surface area (TPSA) is 88.1 Å². The molecular weight excluding hydrogens is 402 g/mol. The van der Waals surface area contributed by atoms with Crippen LogP contribution < -0.4 is 10.1 Å². The van der Waals surface area contributed by atoms with Gasteiger partial charge >= 0.3 is 0 Å². The number of ether oxygens (including phenoxy) is 1. The van der Waals surface area contributed by atoms with Crippen LogP contribution in [0.15, 0.2) is 88.9 Å². The van der Waals surface area contributed by atoms with Gasteiger partial charge in [-0.1, -0.05) is 54.6 Å². The molecule has 0 saturated heterocycles. The van der Waals surface area contributed by atoms with E-state index >= 15 is 0 Å². The first-order valence-electron chi connectivity index (χ1n) is 9.19. The van der Waals surface area contributed by atoms with Gasteiger partial charge in [0, 0.05) is 22.9 Å². The monoisotopic (exact) mass is 421 g/mol. The minimum absolute atomic E-state index is 0.119. The Kier molecular flexibility index (Phi) is 5.24. The van der Waals surface area contributed by atoms with E-state index in [0.29, 0.717) is 22.7 Å². The van der Waals surface area contributed by atoms with Gasteiger partial charge in [0.2, 0.25) is 5.91 Å². The summed E-state index contributed by atoms with van der Waals surface area (Å²) in [5, 5.41) is 7.02. The van der Waals surface area contributed by atoms with Crippen molar-refractivity contribution < 1.29 is 17.9 Å². The fourth-order valence-electron chi connectivity index (χ4n) is 3.17. The van der Waals surface area contributed by atoms with Crippen LogP contribution in [0.5, 0.6) is 5.75 Å². The molecule has 8 heteroatoms. The fraction of sp³-hybridized carbons (Fsp3) is 0.0909. The highest BCUT2D eigenvalue weighted by Gasteiger charge is 2.34. The van der Waals surface area contributed by atoms with Crippen LogP contribution in [0.4, 0.5) is 5.69 Å². The maximum absolute atomic E-state index is 13.1. The lowest BCUT2D eigenvalue weighted by atomic mass is 10.0. The molecule has 0 spiro atoms. The number of nitrogens with one attached hydrogen (secondary N) is 1. The van der Waals surface area contributed by atoms with Crippen LogP contribution in [0.2, 0.25) is 0 Å². The summed E-state index contributed by atoms with van der Waals surface area (Å²) in [6.07, 6.45) is 0. The average molecular weight is 421 g/mol. The van der Waals surface area contributed by atoms with Gasteiger partial charge in [0.05, 0.1) is 12.0 Å². The van der Waals surface area contributed by atoms with E-state index in [1.54, 1.807) is 42.5 Å². The molecule has 1 aliphatic rings. The molecule has 30 heavy (non-hydrogen) atoms. The second kappa shape index (κ2) is 8.00. The molecule has 0 fully saturated rings. The number of benzene rings is 3. The Morgan fingerprint density at radius 1 is 1.00 bits per heavy atom. The molecule has 0 radical (unpaired) electrons. The second-order valence-corrected chi connectivity index (χ2v) is 8.39. The Hall–Kier alpha value is -3.65. The predicted octanol–water partition coefficient (Wildman–Crippen LogP) is 3.09. The zero-order valence-corrected chi connectivity index (χ0v) is 17.0. The molecule has 1 aliphatic heterocycles. The number of carbonyl (C=O) groups is 1. The summed E-state index contributed by atoms with van der Waals surface area (Å²) in [5.74, 6) is 0.0686. The van der Waals surface area contributed by atoms with Crippen molar-refractivity contribution in [3.05, 3.63) is 90.0 Å². The Bertz CT molecular complexity index is 1220. The summed E-state index contributed by atoms with van der Waals surface area (Å²) in [7, 11) is -2.44. The zero-order chi connectivity index (χ0) is 21.1. The number of hydrazone groups is 1. The van der Waals surface area contributed by atoms with Gasteiger partial charge in [-0.2, -0.15) is 17.9 Å². The highest BCUT2D eigenvalue weighted by atomic mass is 32.2. The second-order valence-electron chi connectivity index (χ2n) is 6.58. The fourth-order valence-corrected chi connectivity index (χ4v) is 4.57. The molecule has 0 atom stereocenters. The van der Waals surface area contributed by atoms with Gasteiger partial charge in [-0.05, 0) is 18.2 Å². The van der Waals surface area contributed by atoms with E-state index in [9.17, 15) is 13.2 Å². The van der Waals surface area contributed by atoms with Crippen molar-refractivity contribution in [3.8, 4) is 5.75 Å². The van der Waals surface area contributed by atoms with Crippen molar-refractivity contribution in [3.63, 3.8) is 0 Å². The maximum atomic E-state index is 13.1. The molecule has 1 amide bonds.